The van der Waals surface area contributed by atoms with Gasteiger partial charge in [-0.1, -0.05) is 40.0 Å². The van der Waals surface area contributed by atoms with E-state index in [9.17, 15) is 0 Å². The maximum absolute atomic E-state index is 2.40. The summed E-state index contributed by atoms with van der Waals surface area (Å²) in [5.41, 5.74) is 0.637. The van der Waals surface area contributed by atoms with Gasteiger partial charge < -0.3 is 6.15 Å². The molecule has 10 heavy (non-hydrogen) atoms. The van der Waals surface area contributed by atoms with Gasteiger partial charge in [-0.15, -0.1) is 0 Å². The van der Waals surface area contributed by atoms with Crippen LogP contribution in [0.15, 0.2) is 0 Å². The predicted octanol–water partition coefficient (Wildman–Crippen LogP) is 3.38. The second-order valence-corrected chi connectivity index (χ2v) is 4.14. The van der Waals surface area contributed by atoms with Crippen molar-refractivity contribution in [2.75, 3.05) is 0 Å². The lowest BCUT2D eigenvalue weighted by Crippen LogP contribution is -2.24. The van der Waals surface area contributed by atoms with E-state index in [-0.39, 0.29) is 6.15 Å². The zero-order chi connectivity index (χ0) is 6.91. The fraction of sp³-hybridized carbons (Fsp3) is 1.00. The van der Waals surface area contributed by atoms with Gasteiger partial charge >= 0.3 is 0 Å². The van der Waals surface area contributed by atoms with Gasteiger partial charge in [0, 0.05) is 0 Å². The van der Waals surface area contributed by atoms with Gasteiger partial charge in [-0.05, 0) is 17.8 Å². The molecule has 0 heterocycles. The lowest BCUT2D eigenvalue weighted by Gasteiger charge is -2.36. The average Bonchev–Trinajstić information content (AvgIpc) is 1.77. The number of hydrogen-bond donors (Lipinski definition) is 1. The predicted molar refractivity (Wildman–Crippen MR) is 46.4 cm³/mol. The molecule has 1 aliphatic carbocycles. The molecule has 0 saturated heterocycles. The van der Waals surface area contributed by atoms with Crippen LogP contribution in [-0.2, 0) is 0 Å². The summed E-state index contributed by atoms with van der Waals surface area (Å²) in [7, 11) is 0. The van der Waals surface area contributed by atoms with Crippen LogP contribution in [-0.4, -0.2) is 0 Å². The van der Waals surface area contributed by atoms with Crippen LogP contribution in [0.1, 0.15) is 46.5 Å². The molecule has 1 heteroatoms. The number of rotatable bonds is 0. The molecule has 0 aromatic rings. The molecule has 1 atom stereocenters. The Morgan fingerprint density at radius 1 is 1.20 bits per heavy atom. The first-order valence-corrected chi connectivity index (χ1v) is 4.13. The van der Waals surface area contributed by atoms with Crippen molar-refractivity contribution in [2.45, 2.75) is 46.5 Å². The SMILES string of the molecule is CC1CCCCC1(C)C.N. The van der Waals surface area contributed by atoms with E-state index >= 15 is 0 Å². The second kappa shape index (κ2) is 3.38. The highest BCUT2D eigenvalue weighted by Crippen LogP contribution is 2.39. The van der Waals surface area contributed by atoms with Gasteiger partial charge in [-0.3, -0.25) is 0 Å². The molecule has 0 amide bonds. The van der Waals surface area contributed by atoms with Crippen molar-refractivity contribution in [2.24, 2.45) is 11.3 Å². The summed E-state index contributed by atoms with van der Waals surface area (Å²) in [5.74, 6) is 0.950. The lowest BCUT2D eigenvalue weighted by atomic mass is 9.70. The summed E-state index contributed by atoms with van der Waals surface area (Å²) in [4.78, 5) is 0. The molecule has 0 bridgehead atoms. The van der Waals surface area contributed by atoms with Gasteiger partial charge in [-0.25, -0.2) is 0 Å². The fourth-order valence-electron chi connectivity index (χ4n) is 1.67. The van der Waals surface area contributed by atoms with Crippen molar-refractivity contribution in [3.05, 3.63) is 0 Å². The zero-order valence-electron chi connectivity index (χ0n) is 7.61. The van der Waals surface area contributed by atoms with Crippen LogP contribution >= 0.6 is 0 Å². The molecular formula is C9H21N. The lowest BCUT2D eigenvalue weighted by molar-refractivity contribution is 0.154. The van der Waals surface area contributed by atoms with Crippen molar-refractivity contribution in [1.29, 1.82) is 0 Å². The van der Waals surface area contributed by atoms with Crippen LogP contribution in [0.2, 0.25) is 0 Å². The molecule has 1 unspecified atom stereocenters. The summed E-state index contributed by atoms with van der Waals surface area (Å²) in [6, 6.07) is 0. The summed E-state index contributed by atoms with van der Waals surface area (Å²) in [6.07, 6.45) is 5.81. The Kier molecular flexibility index (Phi) is 3.37. The largest absolute Gasteiger partial charge is 0.344 e. The second-order valence-electron chi connectivity index (χ2n) is 4.14. The quantitative estimate of drug-likeness (QED) is 0.554. The molecule has 1 rings (SSSR count). The molecule has 1 nitrogen and oxygen atoms in total. The van der Waals surface area contributed by atoms with E-state index in [4.69, 9.17) is 0 Å². The maximum atomic E-state index is 2.40. The van der Waals surface area contributed by atoms with Crippen molar-refractivity contribution < 1.29 is 0 Å². The summed E-state index contributed by atoms with van der Waals surface area (Å²) in [6.45, 7) is 7.19. The molecule has 0 aliphatic heterocycles. The fourth-order valence-corrected chi connectivity index (χ4v) is 1.67. The Morgan fingerprint density at radius 2 is 1.80 bits per heavy atom. The Morgan fingerprint density at radius 3 is 2.10 bits per heavy atom. The summed E-state index contributed by atoms with van der Waals surface area (Å²) < 4.78 is 0. The monoisotopic (exact) mass is 143 g/mol. The Hall–Kier alpha value is -0.0400. The third-order valence-corrected chi connectivity index (χ3v) is 3.04. The molecule has 1 aliphatic rings. The van der Waals surface area contributed by atoms with E-state index in [2.05, 4.69) is 20.8 Å². The van der Waals surface area contributed by atoms with Gasteiger partial charge in [0.05, 0.1) is 0 Å². The summed E-state index contributed by atoms with van der Waals surface area (Å²) >= 11 is 0. The first kappa shape index (κ1) is 9.96. The highest BCUT2D eigenvalue weighted by molar-refractivity contribution is 4.79. The van der Waals surface area contributed by atoms with Crippen LogP contribution in [0.25, 0.3) is 0 Å². The Bertz CT molecular complexity index is 96.9. The third kappa shape index (κ3) is 1.98. The topological polar surface area (TPSA) is 35.0 Å². The minimum absolute atomic E-state index is 0. The standard InChI is InChI=1S/C9H18.H3N/c1-8-6-4-5-7-9(8,2)3;/h8H,4-7H2,1-3H3;1H3. The van der Waals surface area contributed by atoms with Gasteiger partial charge in [-0.2, -0.15) is 0 Å². The van der Waals surface area contributed by atoms with Gasteiger partial charge in [0.1, 0.15) is 0 Å². The van der Waals surface area contributed by atoms with E-state index in [1.165, 1.54) is 25.7 Å². The van der Waals surface area contributed by atoms with E-state index in [1.807, 2.05) is 0 Å². The molecule has 62 valence electrons. The van der Waals surface area contributed by atoms with Crippen molar-refractivity contribution in [3.8, 4) is 0 Å². The van der Waals surface area contributed by atoms with Gasteiger partial charge in [0.25, 0.3) is 0 Å². The highest BCUT2D eigenvalue weighted by atomic mass is 14.3. The van der Waals surface area contributed by atoms with Crippen molar-refractivity contribution in [3.63, 3.8) is 0 Å². The normalized spacial score (nSPS) is 30.9. The smallest absolute Gasteiger partial charge is 0.0329 e. The van der Waals surface area contributed by atoms with Crippen LogP contribution in [0.3, 0.4) is 0 Å². The number of hydrogen-bond acceptors (Lipinski definition) is 1. The minimum Gasteiger partial charge on any atom is -0.344 e. The molecule has 1 saturated carbocycles. The van der Waals surface area contributed by atoms with Crippen molar-refractivity contribution in [1.82, 2.24) is 6.15 Å². The minimum atomic E-state index is 0. The zero-order valence-corrected chi connectivity index (χ0v) is 7.61. The third-order valence-electron chi connectivity index (χ3n) is 3.04. The molecule has 0 aromatic heterocycles. The van der Waals surface area contributed by atoms with Crippen molar-refractivity contribution >= 4 is 0 Å². The Labute approximate surface area is 64.8 Å². The first-order chi connectivity index (χ1) is 4.13. The van der Waals surface area contributed by atoms with Crippen LogP contribution < -0.4 is 6.15 Å². The van der Waals surface area contributed by atoms with Crippen LogP contribution in [0.4, 0.5) is 0 Å². The van der Waals surface area contributed by atoms with E-state index in [0.717, 1.165) is 5.92 Å². The molecule has 3 N–H and O–H groups in total. The Balaban J connectivity index is 0.000000810. The summed E-state index contributed by atoms with van der Waals surface area (Å²) in [5, 5.41) is 0. The highest BCUT2D eigenvalue weighted by Gasteiger charge is 2.27. The van der Waals surface area contributed by atoms with Gasteiger partial charge in [0.2, 0.25) is 0 Å². The molecule has 0 aromatic carbocycles. The van der Waals surface area contributed by atoms with E-state index < -0.39 is 0 Å². The van der Waals surface area contributed by atoms with Crippen LogP contribution in [0, 0.1) is 11.3 Å². The van der Waals surface area contributed by atoms with Gasteiger partial charge in [0.15, 0.2) is 0 Å². The molecule has 0 radical (unpaired) electrons. The average molecular weight is 143 g/mol. The maximum Gasteiger partial charge on any atom is -0.0329 e. The van der Waals surface area contributed by atoms with E-state index in [0.29, 0.717) is 5.41 Å². The first-order valence-electron chi connectivity index (χ1n) is 4.13. The molecular weight excluding hydrogens is 122 g/mol. The van der Waals surface area contributed by atoms with Crippen LogP contribution in [0.5, 0.6) is 0 Å². The van der Waals surface area contributed by atoms with E-state index in [1.54, 1.807) is 0 Å². The molecule has 1 fully saturated rings. The molecule has 0 spiro atoms.